The fraction of sp³-hybridized carbons (Fsp3) is 0.261. The van der Waals surface area contributed by atoms with Crippen molar-refractivity contribution in [2.45, 2.75) is 31.3 Å². The molecule has 0 saturated carbocycles. The summed E-state index contributed by atoms with van der Waals surface area (Å²) in [5.41, 5.74) is 2.26. The molecule has 3 rings (SSSR count). The third-order valence-corrected chi connectivity index (χ3v) is 6.33. The largest absolute Gasteiger partial charge is 0.497 e. The number of carbonyl (C=O) groups is 1. The van der Waals surface area contributed by atoms with Crippen molar-refractivity contribution in [3.63, 3.8) is 0 Å². The van der Waals surface area contributed by atoms with Gasteiger partial charge in [0, 0.05) is 27.6 Å². The van der Waals surface area contributed by atoms with Crippen molar-refractivity contribution >= 4 is 40.7 Å². The summed E-state index contributed by atoms with van der Waals surface area (Å²) in [6.45, 7) is 3.87. The lowest BCUT2D eigenvalue weighted by atomic mass is 9.98. The average Bonchev–Trinajstić information content (AvgIpc) is 2.74. The van der Waals surface area contributed by atoms with Crippen LogP contribution in [0.3, 0.4) is 0 Å². The molecule has 0 saturated heterocycles. The predicted octanol–water partition coefficient (Wildman–Crippen LogP) is 5.77. The molecule has 0 aliphatic heterocycles. The monoisotopic (exact) mass is 476 g/mol. The smallest absolute Gasteiger partial charge is 0.255 e. The highest BCUT2D eigenvalue weighted by Gasteiger charge is 2.18. The average molecular weight is 477 g/mol. The fourth-order valence-electron chi connectivity index (χ4n) is 3.17. The summed E-state index contributed by atoms with van der Waals surface area (Å²) in [5, 5.41) is 1.43. The van der Waals surface area contributed by atoms with Crippen LogP contribution >= 0.6 is 35.0 Å². The zero-order valence-electron chi connectivity index (χ0n) is 17.4. The van der Waals surface area contributed by atoms with Crippen LogP contribution in [0.15, 0.2) is 52.4 Å². The zero-order chi connectivity index (χ0) is 22.5. The van der Waals surface area contributed by atoms with Gasteiger partial charge in [-0.25, -0.2) is 4.98 Å². The molecule has 0 unspecified atom stereocenters. The number of aromatic nitrogens is 2. The number of hydrogen-bond donors (Lipinski definition) is 1. The molecule has 0 spiro atoms. The van der Waals surface area contributed by atoms with Crippen molar-refractivity contribution in [1.29, 1.82) is 0 Å². The van der Waals surface area contributed by atoms with Crippen molar-refractivity contribution in [3.8, 4) is 5.75 Å². The number of benzene rings is 2. The first-order chi connectivity index (χ1) is 14.8. The molecule has 0 aliphatic rings. The van der Waals surface area contributed by atoms with E-state index in [1.165, 1.54) is 11.8 Å². The zero-order valence-corrected chi connectivity index (χ0v) is 19.7. The minimum Gasteiger partial charge on any atom is -0.497 e. The van der Waals surface area contributed by atoms with Crippen molar-refractivity contribution in [3.05, 3.63) is 85.2 Å². The number of carbonyl (C=O) groups excluding carboxylic acids is 1. The Balaban J connectivity index is 1.86. The minimum atomic E-state index is -0.220. The Morgan fingerprint density at radius 1 is 1.13 bits per heavy atom. The standard InChI is InChI=1S/C23H22Cl2N2O3S/c1-13(2)21-19(11-16-17(24)5-4-6-18(16)25)26-23(27-22(21)29)31-12-20(28)14-7-9-15(30-3)10-8-14/h4-10,13H,11-12H2,1-3H3,(H,26,27,29). The van der Waals surface area contributed by atoms with Gasteiger partial charge in [-0.3, -0.25) is 9.59 Å². The quantitative estimate of drug-likeness (QED) is 0.253. The number of methoxy groups -OCH3 is 1. The second-order valence-corrected chi connectivity index (χ2v) is 8.98. The van der Waals surface area contributed by atoms with Gasteiger partial charge in [0.05, 0.1) is 18.6 Å². The number of nitrogens with one attached hydrogen (secondary N) is 1. The highest BCUT2D eigenvalue weighted by molar-refractivity contribution is 7.99. The Morgan fingerprint density at radius 3 is 2.35 bits per heavy atom. The van der Waals surface area contributed by atoms with Crippen LogP contribution in [0.25, 0.3) is 0 Å². The summed E-state index contributed by atoms with van der Waals surface area (Å²) >= 11 is 13.8. The van der Waals surface area contributed by atoms with E-state index in [-0.39, 0.29) is 23.0 Å². The van der Waals surface area contributed by atoms with Gasteiger partial charge in [-0.2, -0.15) is 0 Å². The van der Waals surface area contributed by atoms with Crippen LogP contribution in [0.2, 0.25) is 10.0 Å². The van der Waals surface area contributed by atoms with Gasteiger partial charge in [0.2, 0.25) is 0 Å². The summed E-state index contributed by atoms with van der Waals surface area (Å²) in [5.74, 6) is 0.719. The predicted molar refractivity (Wildman–Crippen MR) is 126 cm³/mol. The third-order valence-electron chi connectivity index (χ3n) is 4.75. The lowest BCUT2D eigenvalue weighted by molar-refractivity contribution is 0.102. The van der Waals surface area contributed by atoms with Gasteiger partial charge < -0.3 is 9.72 Å². The SMILES string of the molecule is COc1ccc(C(=O)CSc2nc(Cc3c(Cl)cccc3Cl)c(C(C)C)c(=O)[nH]2)cc1. The maximum atomic E-state index is 12.8. The number of ether oxygens (including phenoxy) is 1. The molecule has 2 aromatic carbocycles. The van der Waals surface area contributed by atoms with E-state index in [2.05, 4.69) is 9.97 Å². The molecule has 0 atom stereocenters. The Labute approximate surface area is 195 Å². The number of nitrogens with zero attached hydrogens (tertiary/aromatic N) is 1. The van der Waals surface area contributed by atoms with Gasteiger partial charge in [-0.05, 0) is 47.9 Å². The number of Topliss-reactive ketones (excluding diaryl/α,β-unsaturated/α-hetero) is 1. The second kappa shape index (κ2) is 10.4. The second-order valence-electron chi connectivity index (χ2n) is 7.20. The molecule has 5 nitrogen and oxygen atoms in total. The molecule has 31 heavy (non-hydrogen) atoms. The number of hydrogen-bond acceptors (Lipinski definition) is 5. The van der Waals surface area contributed by atoms with Crippen LogP contribution in [-0.4, -0.2) is 28.6 Å². The van der Waals surface area contributed by atoms with Gasteiger partial charge in [-0.1, -0.05) is 54.9 Å². The van der Waals surface area contributed by atoms with Gasteiger partial charge in [0.15, 0.2) is 10.9 Å². The molecule has 0 aliphatic carbocycles. The van der Waals surface area contributed by atoms with E-state index in [1.807, 2.05) is 13.8 Å². The van der Waals surface area contributed by atoms with Crippen molar-refractivity contribution < 1.29 is 9.53 Å². The first kappa shape index (κ1) is 23.4. The molecule has 1 heterocycles. The number of ketones is 1. The topological polar surface area (TPSA) is 72.0 Å². The number of thioether (sulfide) groups is 1. The lowest BCUT2D eigenvalue weighted by Gasteiger charge is -2.14. The molecule has 0 bridgehead atoms. The lowest BCUT2D eigenvalue weighted by Crippen LogP contribution is -2.20. The van der Waals surface area contributed by atoms with Crippen molar-refractivity contribution in [2.24, 2.45) is 0 Å². The molecule has 8 heteroatoms. The Hall–Kier alpha value is -2.28. The van der Waals surface area contributed by atoms with E-state index in [4.69, 9.17) is 27.9 Å². The molecule has 0 radical (unpaired) electrons. The maximum Gasteiger partial charge on any atom is 0.255 e. The summed E-state index contributed by atoms with van der Waals surface area (Å²) in [4.78, 5) is 32.7. The van der Waals surface area contributed by atoms with E-state index >= 15 is 0 Å². The molecular weight excluding hydrogens is 455 g/mol. The molecule has 1 aromatic heterocycles. The van der Waals surface area contributed by atoms with Gasteiger partial charge in [0.1, 0.15) is 5.75 Å². The van der Waals surface area contributed by atoms with Gasteiger partial charge in [0.25, 0.3) is 5.56 Å². The summed E-state index contributed by atoms with van der Waals surface area (Å²) < 4.78 is 5.12. The third kappa shape index (κ3) is 5.70. The van der Waals surface area contributed by atoms with Gasteiger partial charge >= 0.3 is 0 Å². The number of halogens is 2. The van der Waals surface area contributed by atoms with Crippen LogP contribution in [0.4, 0.5) is 0 Å². The summed E-state index contributed by atoms with van der Waals surface area (Å²) in [6, 6.07) is 12.2. The van der Waals surface area contributed by atoms with Gasteiger partial charge in [-0.15, -0.1) is 0 Å². The first-order valence-corrected chi connectivity index (χ1v) is 11.4. The van der Waals surface area contributed by atoms with E-state index in [9.17, 15) is 9.59 Å². The molecule has 1 N–H and O–H groups in total. The molecule has 0 amide bonds. The van der Waals surface area contributed by atoms with Crippen LogP contribution in [-0.2, 0) is 6.42 Å². The Bertz CT molecular complexity index is 1120. The van der Waals surface area contributed by atoms with Crippen LogP contribution in [0.5, 0.6) is 5.75 Å². The molecule has 3 aromatic rings. The van der Waals surface area contributed by atoms with Crippen LogP contribution in [0, 0.1) is 0 Å². The fourth-order valence-corrected chi connectivity index (χ4v) is 4.47. The first-order valence-electron chi connectivity index (χ1n) is 9.66. The van der Waals surface area contributed by atoms with Crippen LogP contribution < -0.4 is 10.3 Å². The number of H-pyrrole nitrogens is 1. The van der Waals surface area contributed by atoms with E-state index in [1.54, 1.807) is 49.6 Å². The van der Waals surface area contributed by atoms with E-state index < -0.39 is 0 Å². The van der Waals surface area contributed by atoms with E-state index in [0.29, 0.717) is 44.2 Å². The highest BCUT2D eigenvalue weighted by Crippen LogP contribution is 2.29. The van der Waals surface area contributed by atoms with Crippen LogP contribution in [0.1, 0.15) is 46.9 Å². The summed E-state index contributed by atoms with van der Waals surface area (Å²) in [6.07, 6.45) is 0.329. The number of rotatable bonds is 8. The molecular formula is C23H22Cl2N2O3S. The minimum absolute atomic E-state index is 0.0347. The normalized spacial score (nSPS) is 11.0. The summed E-state index contributed by atoms with van der Waals surface area (Å²) in [7, 11) is 1.57. The van der Waals surface area contributed by atoms with Crippen molar-refractivity contribution in [1.82, 2.24) is 9.97 Å². The van der Waals surface area contributed by atoms with Crippen molar-refractivity contribution in [2.75, 3.05) is 12.9 Å². The number of aromatic amines is 1. The van der Waals surface area contributed by atoms with E-state index in [0.717, 1.165) is 5.56 Å². The Morgan fingerprint density at radius 2 is 1.77 bits per heavy atom. The Kier molecular flexibility index (Phi) is 7.81. The maximum absolute atomic E-state index is 12.8. The highest BCUT2D eigenvalue weighted by atomic mass is 35.5. The molecule has 0 fully saturated rings. The molecule has 162 valence electrons.